The number of benzene rings is 2. The third-order valence-corrected chi connectivity index (χ3v) is 9.21. The minimum atomic E-state index is -0.333. The van der Waals surface area contributed by atoms with E-state index in [1.54, 1.807) is 12.1 Å². The molecular formula is C25H36N2O2Si. The highest BCUT2D eigenvalue weighted by Crippen LogP contribution is 2.36. The maximum Gasteiger partial charge on any atom is 0.269 e. The van der Waals surface area contributed by atoms with E-state index >= 15 is 0 Å². The number of hydrogen-bond acceptors (Lipinski definition) is 3. The number of nitro groups is 1. The summed E-state index contributed by atoms with van der Waals surface area (Å²) in [6.07, 6.45) is 7.16. The van der Waals surface area contributed by atoms with Crippen LogP contribution in [-0.4, -0.2) is 26.5 Å². The molecule has 2 aromatic carbocycles. The number of rotatable bonds is 10. The van der Waals surface area contributed by atoms with Gasteiger partial charge in [-0.05, 0) is 47.8 Å². The first kappa shape index (κ1) is 22.7. The van der Waals surface area contributed by atoms with Gasteiger partial charge in [0.05, 0.1) is 4.92 Å². The zero-order valence-electron chi connectivity index (χ0n) is 18.6. The van der Waals surface area contributed by atoms with Crippen LogP contribution in [0.5, 0.6) is 0 Å². The van der Waals surface area contributed by atoms with Gasteiger partial charge in [-0.3, -0.25) is 10.1 Å². The largest absolute Gasteiger partial charge is 0.310 e. The minimum Gasteiger partial charge on any atom is -0.310 e. The normalized spacial score (nSPS) is 20.6. The lowest BCUT2D eigenvalue weighted by atomic mass is 9.85. The molecule has 162 valence electrons. The summed E-state index contributed by atoms with van der Waals surface area (Å²) >= 11 is 0. The van der Waals surface area contributed by atoms with E-state index in [1.165, 1.54) is 43.2 Å². The highest BCUT2D eigenvalue weighted by atomic mass is 28.2. The van der Waals surface area contributed by atoms with Crippen molar-refractivity contribution in [1.82, 2.24) is 5.32 Å². The van der Waals surface area contributed by atoms with Crippen LogP contribution in [0.4, 0.5) is 5.69 Å². The van der Waals surface area contributed by atoms with E-state index in [2.05, 4.69) is 56.0 Å². The van der Waals surface area contributed by atoms with Crippen LogP contribution in [0.15, 0.2) is 54.6 Å². The van der Waals surface area contributed by atoms with E-state index in [4.69, 9.17) is 0 Å². The lowest BCUT2D eigenvalue weighted by Gasteiger charge is -2.28. The fourth-order valence-electron chi connectivity index (χ4n) is 4.64. The Morgan fingerprint density at radius 2 is 1.83 bits per heavy atom. The molecule has 5 heteroatoms. The zero-order valence-corrected chi connectivity index (χ0v) is 20.1. The predicted octanol–water partition coefficient (Wildman–Crippen LogP) is 5.63. The first-order valence-electron chi connectivity index (χ1n) is 11.4. The highest BCUT2D eigenvalue weighted by molar-refractivity contribution is 6.37. The lowest BCUT2D eigenvalue weighted by Crippen LogP contribution is -2.35. The monoisotopic (exact) mass is 424 g/mol. The number of non-ortho nitro benzene ring substituents is 1. The average molecular weight is 425 g/mol. The molecule has 1 aliphatic heterocycles. The van der Waals surface area contributed by atoms with Crippen molar-refractivity contribution < 1.29 is 4.92 Å². The van der Waals surface area contributed by atoms with Crippen LogP contribution < -0.4 is 5.32 Å². The molecule has 2 aromatic rings. The summed E-state index contributed by atoms with van der Waals surface area (Å²) in [7, 11) is 0.00884. The van der Waals surface area contributed by atoms with Gasteiger partial charge in [0.15, 0.2) is 0 Å². The molecule has 1 saturated heterocycles. The molecular weight excluding hydrogens is 388 g/mol. The van der Waals surface area contributed by atoms with Crippen LogP contribution >= 0.6 is 0 Å². The van der Waals surface area contributed by atoms with E-state index in [0.717, 1.165) is 6.42 Å². The summed E-state index contributed by atoms with van der Waals surface area (Å²) in [5.41, 5.74) is 2.79. The van der Waals surface area contributed by atoms with Gasteiger partial charge in [0.25, 0.3) is 5.69 Å². The summed E-state index contributed by atoms with van der Waals surface area (Å²) in [5, 5.41) is 15.3. The third-order valence-electron chi connectivity index (χ3n) is 6.94. The number of hydrogen-bond donors (Lipinski definition) is 1. The summed E-state index contributed by atoms with van der Waals surface area (Å²) in [4.78, 5) is 10.5. The van der Waals surface area contributed by atoms with Crippen molar-refractivity contribution in [3.8, 4) is 0 Å². The van der Waals surface area contributed by atoms with Gasteiger partial charge in [0, 0.05) is 33.7 Å². The second-order valence-corrected chi connectivity index (χ2v) is 12.2. The van der Waals surface area contributed by atoms with Crippen LogP contribution in [0, 0.1) is 10.1 Å². The molecule has 0 radical (unpaired) electrons. The number of nitro benzene ring substituents is 1. The molecule has 0 spiro atoms. The maximum atomic E-state index is 10.9. The SMILES string of the molecule is C[SiH2]C(C)(C)CCC[C@H](c1ccccc1)[C@H]1CC[C@@H](Cc2ccc([N+](=O)[O-])cc2)N1. The molecule has 3 atom stereocenters. The van der Waals surface area contributed by atoms with Crippen LogP contribution in [0.25, 0.3) is 0 Å². The predicted molar refractivity (Wildman–Crippen MR) is 128 cm³/mol. The number of nitrogens with zero attached hydrogens (tertiary/aromatic N) is 1. The Morgan fingerprint density at radius 3 is 2.47 bits per heavy atom. The first-order chi connectivity index (χ1) is 14.4. The summed E-state index contributed by atoms with van der Waals surface area (Å²) in [6, 6.07) is 19.0. The standard InChI is InChI=1S/C25H36N2O2Si/c1-25(2,30-3)17-7-10-23(20-8-5-4-6-9-20)24-16-13-21(26-24)18-19-11-14-22(15-12-19)27(28)29/h4-6,8-9,11-12,14-15,21,23-24,26H,7,10,13,16-18,30H2,1-3H3/t21-,23+,24+/m0/s1. The van der Waals surface area contributed by atoms with E-state index in [9.17, 15) is 10.1 Å². The van der Waals surface area contributed by atoms with Gasteiger partial charge in [0.2, 0.25) is 0 Å². The smallest absolute Gasteiger partial charge is 0.269 e. The summed E-state index contributed by atoms with van der Waals surface area (Å²) in [6.45, 7) is 7.30. The Hall–Kier alpha value is -1.98. The van der Waals surface area contributed by atoms with Crippen LogP contribution in [0.2, 0.25) is 11.6 Å². The molecule has 1 heterocycles. The molecule has 0 aromatic heterocycles. The van der Waals surface area contributed by atoms with Crippen molar-refractivity contribution in [2.75, 3.05) is 0 Å². The van der Waals surface area contributed by atoms with Crippen molar-refractivity contribution in [2.45, 2.75) is 82.0 Å². The maximum absolute atomic E-state index is 10.9. The number of nitrogens with one attached hydrogen (secondary N) is 1. The highest BCUT2D eigenvalue weighted by Gasteiger charge is 2.31. The van der Waals surface area contributed by atoms with Gasteiger partial charge >= 0.3 is 0 Å². The van der Waals surface area contributed by atoms with Crippen LogP contribution in [-0.2, 0) is 6.42 Å². The van der Waals surface area contributed by atoms with E-state index in [-0.39, 0.29) is 20.1 Å². The fraction of sp³-hybridized carbons (Fsp3) is 0.520. The third kappa shape index (κ3) is 6.26. The zero-order chi connectivity index (χ0) is 21.6. The Balaban J connectivity index is 1.62. The molecule has 30 heavy (non-hydrogen) atoms. The van der Waals surface area contributed by atoms with Gasteiger partial charge in [-0.15, -0.1) is 0 Å². The van der Waals surface area contributed by atoms with E-state index in [1.807, 2.05) is 12.1 Å². The average Bonchev–Trinajstić information content (AvgIpc) is 3.20. The van der Waals surface area contributed by atoms with Crippen molar-refractivity contribution in [3.63, 3.8) is 0 Å². The Morgan fingerprint density at radius 1 is 1.13 bits per heavy atom. The molecule has 0 amide bonds. The van der Waals surface area contributed by atoms with Crippen molar-refractivity contribution in [1.29, 1.82) is 0 Å². The molecule has 3 rings (SSSR count). The van der Waals surface area contributed by atoms with E-state index in [0.29, 0.717) is 23.0 Å². The molecule has 0 bridgehead atoms. The molecule has 0 aliphatic carbocycles. The Bertz CT molecular complexity index is 808. The van der Waals surface area contributed by atoms with Crippen LogP contribution in [0.3, 0.4) is 0 Å². The van der Waals surface area contributed by atoms with Crippen LogP contribution in [0.1, 0.15) is 63.0 Å². The van der Waals surface area contributed by atoms with Crippen molar-refractivity contribution in [2.24, 2.45) is 0 Å². The van der Waals surface area contributed by atoms with Gasteiger partial charge < -0.3 is 5.32 Å². The first-order valence-corrected chi connectivity index (χ1v) is 13.5. The second-order valence-electron chi connectivity index (χ2n) is 9.60. The molecule has 0 saturated carbocycles. The lowest BCUT2D eigenvalue weighted by molar-refractivity contribution is -0.384. The quantitative estimate of drug-likeness (QED) is 0.306. The topological polar surface area (TPSA) is 55.2 Å². The summed E-state index contributed by atoms with van der Waals surface area (Å²) < 4.78 is 0. The van der Waals surface area contributed by atoms with Crippen molar-refractivity contribution >= 4 is 15.2 Å². The van der Waals surface area contributed by atoms with Gasteiger partial charge in [-0.25, -0.2) is 0 Å². The van der Waals surface area contributed by atoms with Gasteiger partial charge in [-0.2, -0.15) is 0 Å². The van der Waals surface area contributed by atoms with Crippen molar-refractivity contribution in [3.05, 3.63) is 75.8 Å². The molecule has 0 unspecified atom stereocenters. The van der Waals surface area contributed by atoms with Gasteiger partial charge in [0.1, 0.15) is 0 Å². The summed E-state index contributed by atoms with van der Waals surface area (Å²) in [5.74, 6) is 0.558. The molecule has 4 nitrogen and oxygen atoms in total. The Kier molecular flexibility index (Phi) is 7.84. The van der Waals surface area contributed by atoms with E-state index < -0.39 is 0 Å². The Labute approximate surface area is 183 Å². The molecule has 1 fully saturated rings. The second kappa shape index (κ2) is 10.4. The molecule has 1 aliphatic rings. The fourth-order valence-corrected chi connectivity index (χ4v) is 5.25. The minimum absolute atomic E-state index is 0.00884. The molecule has 1 N–H and O–H groups in total. The van der Waals surface area contributed by atoms with Gasteiger partial charge in [-0.1, -0.05) is 75.7 Å².